The van der Waals surface area contributed by atoms with Gasteiger partial charge in [-0.15, -0.1) is 0 Å². The summed E-state index contributed by atoms with van der Waals surface area (Å²) in [6, 6.07) is 20.9. The number of carbonyl (C=O) groups excluding carboxylic acids is 1. The number of nitrogens with zero attached hydrogens (tertiary/aromatic N) is 2. The van der Waals surface area contributed by atoms with Crippen molar-refractivity contribution in [1.82, 2.24) is 0 Å². The standard InChI is InChI=1S/C25H24N2O/c1-3-17-9-11-19(12-10-17)24-21(15-26)16(2)27-22-13-20(14-23(28)25(22)24)18-7-5-4-6-8-18/h4-12,20,24-25H,3,13-14H2,1-2H3/t20-,24-,25-/m1/s1. The molecule has 0 amide bonds. The van der Waals surface area contributed by atoms with Gasteiger partial charge in [0.05, 0.1) is 23.3 Å². The van der Waals surface area contributed by atoms with Crippen LogP contribution in [-0.4, -0.2) is 11.5 Å². The van der Waals surface area contributed by atoms with Gasteiger partial charge in [-0.05, 0) is 42.4 Å². The SMILES string of the molecule is CCc1ccc([C@@H]2C(C#N)=C(C)N=C3C[C@@H](c4ccccc4)CC(=O)[C@@H]32)cc1. The lowest BCUT2D eigenvalue weighted by Crippen LogP contribution is -2.39. The maximum Gasteiger partial charge on any atom is 0.143 e. The van der Waals surface area contributed by atoms with Gasteiger partial charge in [-0.2, -0.15) is 5.26 Å². The fourth-order valence-electron chi connectivity index (χ4n) is 4.60. The Morgan fingerprint density at radius 2 is 1.71 bits per heavy atom. The molecule has 3 atom stereocenters. The molecule has 2 aliphatic rings. The van der Waals surface area contributed by atoms with Crippen molar-refractivity contribution >= 4 is 11.5 Å². The van der Waals surface area contributed by atoms with E-state index >= 15 is 0 Å². The van der Waals surface area contributed by atoms with Crippen LogP contribution in [0.2, 0.25) is 0 Å². The molecule has 1 aliphatic carbocycles. The maximum atomic E-state index is 13.3. The molecule has 1 fully saturated rings. The van der Waals surface area contributed by atoms with E-state index in [9.17, 15) is 10.1 Å². The van der Waals surface area contributed by atoms with E-state index in [1.165, 1.54) is 11.1 Å². The number of nitriles is 1. The first-order chi connectivity index (χ1) is 13.6. The monoisotopic (exact) mass is 368 g/mol. The van der Waals surface area contributed by atoms with Crippen molar-refractivity contribution in [2.24, 2.45) is 10.9 Å². The molecule has 0 aromatic heterocycles. The molecule has 1 aliphatic heterocycles. The highest BCUT2D eigenvalue weighted by Gasteiger charge is 2.44. The number of ketones is 1. The van der Waals surface area contributed by atoms with Crippen LogP contribution in [0.15, 0.2) is 70.9 Å². The van der Waals surface area contributed by atoms with Crippen molar-refractivity contribution in [3.8, 4) is 6.07 Å². The summed E-state index contributed by atoms with van der Waals surface area (Å²) in [4.78, 5) is 18.0. The number of carbonyl (C=O) groups is 1. The van der Waals surface area contributed by atoms with E-state index in [0.717, 1.165) is 29.8 Å². The molecule has 2 aromatic rings. The minimum Gasteiger partial charge on any atom is -0.299 e. The zero-order chi connectivity index (χ0) is 19.7. The van der Waals surface area contributed by atoms with Crippen LogP contribution >= 0.6 is 0 Å². The largest absolute Gasteiger partial charge is 0.299 e. The van der Waals surface area contributed by atoms with E-state index in [-0.39, 0.29) is 23.5 Å². The van der Waals surface area contributed by atoms with E-state index in [0.29, 0.717) is 12.0 Å². The highest BCUT2D eigenvalue weighted by Crippen LogP contribution is 2.45. The Morgan fingerprint density at radius 3 is 2.36 bits per heavy atom. The summed E-state index contributed by atoms with van der Waals surface area (Å²) in [6.07, 6.45) is 2.26. The highest BCUT2D eigenvalue weighted by molar-refractivity contribution is 6.10. The molecule has 0 spiro atoms. The summed E-state index contributed by atoms with van der Waals surface area (Å²) in [5, 5.41) is 9.81. The molecule has 1 heterocycles. The van der Waals surface area contributed by atoms with Crippen LogP contribution in [0.25, 0.3) is 0 Å². The molecule has 2 aromatic carbocycles. The molecule has 1 saturated carbocycles. The van der Waals surface area contributed by atoms with Gasteiger partial charge in [0, 0.05) is 18.1 Å². The minimum absolute atomic E-state index is 0.170. The maximum absolute atomic E-state index is 13.3. The van der Waals surface area contributed by atoms with Crippen LogP contribution in [0, 0.1) is 17.2 Å². The number of allylic oxidation sites excluding steroid dienone is 2. The summed E-state index contributed by atoms with van der Waals surface area (Å²) in [6.45, 7) is 4.02. The number of Topliss-reactive ketones (excluding diaryl/α,β-unsaturated/α-hetero) is 1. The lowest BCUT2D eigenvalue weighted by molar-refractivity contribution is -0.122. The average Bonchev–Trinajstić information content (AvgIpc) is 2.73. The van der Waals surface area contributed by atoms with E-state index in [4.69, 9.17) is 4.99 Å². The van der Waals surface area contributed by atoms with Gasteiger partial charge in [-0.1, -0.05) is 61.5 Å². The molecule has 4 rings (SSSR count). The fourth-order valence-corrected chi connectivity index (χ4v) is 4.60. The van der Waals surface area contributed by atoms with Crippen molar-refractivity contribution in [3.05, 3.63) is 82.6 Å². The number of aryl methyl sites for hydroxylation is 1. The summed E-state index contributed by atoms with van der Waals surface area (Å²) in [5.41, 5.74) is 5.80. The Hall–Kier alpha value is -2.99. The third kappa shape index (κ3) is 3.20. The Labute approximate surface area is 166 Å². The topological polar surface area (TPSA) is 53.2 Å². The molecule has 140 valence electrons. The third-order valence-electron chi connectivity index (χ3n) is 6.09. The molecule has 0 unspecified atom stereocenters. The lowest BCUT2D eigenvalue weighted by atomic mass is 9.66. The first-order valence-electron chi connectivity index (χ1n) is 9.97. The molecule has 3 heteroatoms. The minimum atomic E-state index is -0.314. The number of hydrogen-bond donors (Lipinski definition) is 0. The van der Waals surface area contributed by atoms with Crippen LogP contribution in [0.3, 0.4) is 0 Å². The first-order valence-corrected chi connectivity index (χ1v) is 9.97. The van der Waals surface area contributed by atoms with Crippen LogP contribution < -0.4 is 0 Å². The summed E-state index contributed by atoms with van der Waals surface area (Å²) in [5.74, 6) is -0.162. The highest BCUT2D eigenvalue weighted by atomic mass is 16.1. The van der Waals surface area contributed by atoms with Crippen molar-refractivity contribution in [1.29, 1.82) is 5.26 Å². The van der Waals surface area contributed by atoms with Gasteiger partial charge >= 0.3 is 0 Å². The molecule has 3 nitrogen and oxygen atoms in total. The quantitative estimate of drug-likeness (QED) is 0.733. The molecular formula is C25H24N2O. The number of fused-ring (bicyclic) bond motifs is 1. The molecule has 0 radical (unpaired) electrons. The number of hydrogen-bond acceptors (Lipinski definition) is 3. The van der Waals surface area contributed by atoms with Crippen LogP contribution in [0.1, 0.15) is 55.2 Å². The van der Waals surface area contributed by atoms with Crippen molar-refractivity contribution in [2.45, 2.75) is 44.9 Å². The van der Waals surface area contributed by atoms with Gasteiger partial charge in [0.1, 0.15) is 5.78 Å². The predicted molar refractivity (Wildman–Crippen MR) is 111 cm³/mol. The average molecular weight is 368 g/mol. The predicted octanol–water partition coefficient (Wildman–Crippen LogP) is 5.35. The summed E-state index contributed by atoms with van der Waals surface area (Å²) < 4.78 is 0. The molecule has 0 bridgehead atoms. The second-order valence-corrected chi connectivity index (χ2v) is 7.75. The van der Waals surface area contributed by atoms with Gasteiger partial charge in [0.2, 0.25) is 0 Å². The Kier molecular flexibility index (Phi) is 4.96. The van der Waals surface area contributed by atoms with Gasteiger partial charge in [0.25, 0.3) is 0 Å². The second kappa shape index (κ2) is 7.56. The van der Waals surface area contributed by atoms with Crippen LogP contribution in [0.5, 0.6) is 0 Å². The van der Waals surface area contributed by atoms with Crippen LogP contribution in [-0.2, 0) is 11.2 Å². The number of aliphatic imine (C=N–C) groups is 1. The molecule has 28 heavy (non-hydrogen) atoms. The Balaban J connectivity index is 1.74. The molecule has 0 N–H and O–H groups in total. The van der Waals surface area contributed by atoms with Gasteiger partial charge < -0.3 is 0 Å². The van der Waals surface area contributed by atoms with E-state index < -0.39 is 0 Å². The van der Waals surface area contributed by atoms with Gasteiger partial charge in [-0.3, -0.25) is 9.79 Å². The van der Waals surface area contributed by atoms with E-state index in [2.05, 4.69) is 49.4 Å². The summed E-state index contributed by atoms with van der Waals surface area (Å²) >= 11 is 0. The normalized spacial score (nSPS) is 24.4. The third-order valence-corrected chi connectivity index (χ3v) is 6.09. The second-order valence-electron chi connectivity index (χ2n) is 7.75. The van der Waals surface area contributed by atoms with Crippen molar-refractivity contribution in [3.63, 3.8) is 0 Å². The number of rotatable bonds is 3. The zero-order valence-electron chi connectivity index (χ0n) is 16.4. The van der Waals surface area contributed by atoms with Crippen molar-refractivity contribution in [2.75, 3.05) is 0 Å². The van der Waals surface area contributed by atoms with Gasteiger partial charge in [-0.25, -0.2) is 0 Å². The van der Waals surface area contributed by atoms with Crippen molar-refractivity contribution < 1.29 is 4.79 Å². The van der Waals surface area contributed by atoms with Gasteiger partial charge in [0.15, 0.2) is 0 Å². The number of benzene rings is 2. The molecular weight excluding hydrogens is 344 g/mol. The molecule has 0 saturated heterocycles. The zero-order valence-corrected chi connectivity index (χ0v) is 16.4. The fraction of sp³-hybridized carbons (Fsp3) is 0.320. The Morgan fingerprint density at radius 1 is 1.00 bits per heavy atom. The summed E-state index contributed by atoms with van der Waals surface area (Å²) in [7, 11) is 0. The first kappa shape index (κ1) is 18.4. The van der Waals surface area contributed by atoms with Crippen LogP contribution in [0.4, 0.5) is 0 Å². The van der Waals surface area contributed by atoms with E-state index in [1.54, 1.807) is 0 Å². The lowest BCUT2D eigenvalue weighted by Gasteiger charge is -2.37. The van der Waals surface area contributed by atoms with E-state index in [1.807, 2.05) is 25.1 Å². The smallest absolute Gasteiger partial charge is 0.143 e. The Bertz CT molecular complexity index is 993.